The number of anilines is 1. The molecule has 0 aliphatic carbocycles. The number of amides is 1. The maximum absolute atomic E-state index is 13.1. The van der Waals surface area contributed by atoms with Crippen molar-refractivity contribution >= 4 is 11.6 Å². The second-order valence-electron chi connectivity index (χ2n) is 6.12. The maximum atomic E-state index is 13.1. The third-order valence-electron chi connectivity index (χ3n) is 3.95. The number of quaternary nitrogens is 1. The van der Waals surface area contributed by atoms with Crippen molar-refractivity contribution in [3.8, 4) is 0 Å². The molecule has 0 unspecified atom stereocenters. The quantitative estimate of drug-likeness (QED) is 0.845. The first-order valence-electron chi connectivity index (χ1n) is 7.91. The minimum Gasteiger partial charge on any atom is -0.332 e. The zero-order chi connectivity index (χ0) is 16.8. The fourth-order valence-corrected chi connectivity index (χ4v) is 2.63. The number of hydrogen-bond acceptors (Lipinski definition) is 1. The van der Waals surface area contributed by atoms with E-state index >= 15 is 0 Å². The number of benzene rings is 2. The fourth-order valence-electron chi connectivity index (χ4n) is 2.63. The molecule has 2 rings (SSSR count). The second kappa shape index (κ2) is 7.88. The molecule has 1 atom stereocenters. The van der Waals surface area contributed by atoms with E-state index in [0.29, 0.717) is 12.5 Å². The summed E-state index contributed by atoms with van der Waals surface area (Å²) < 4.78 is 13.1. The number of para-hydroxylation sites is 1. The lowest BCUT2D eigenvalue weighted by molar-refractivity contribution is -0.692. The highest BCUT2D eigenvalue weighted by molar-refractivity contribution is 5.92. The van der Waals surface area contributed by atoms with E-state index in [-0.39, 0.29) is 17.8 Å². The highest BCUT2D eigenvalue weighted by atomic mass is 19.1. The number of nitrogens with one attached hydrogen (secondary N) is 1. The SMILES string of the molecule is Cc1ccccc1NC(=O)C[NH2+][C@H](c1ccc(F)cc1)C(C)C. The van der Waals surface area contributed by atoms with Gasteiger partial charge < -0.3 is 10.6 Å². The van der Waals surface area contributed by atoms with Crippen LogP contribution in [0.2, 0.25) is 0 Å². The molecule has 0 aliphatic rings. The van der Waals surface area contributed by atoms with Crippen molar-refractivity contribution in [3.63, 3.8) is 0 Å². The Balaban J connectivity index is 1.97. The van der Waals surface area contributed by atoms with E-state index < -0.39 is 0 Å². The molecule has 0 aliphatic heterocycles. The van der Waals surface area contributed by atoms with Gasteiger partial charge in [-0.05, 0) is 30.7 Å². The van der Waals surface area contributed by atoms with Gasteiger partial charge in [-0.3, -0.25) is 4.79 Å². The van der Waals surface area contributed by atoms with Gasteiger partial charge in [-0.1, -0.05) is 44.2 Å². The Bertz CT molecular complexity index is 653. The smallest absolute Gasteiger partial charge is 0.279 e. The standard InChI is InChI=1S/C19H23FN2O/c1-13(2)19(15-8-10-16(20)11-9-15)21-12-18(23)22-17-7-5-4-6-14(17)3/h4-11,13,19,21H,12H2,1-3H3,(H,22,23)/p+1/t19-/m0/s1. The summed E-state index contributed by atoms with van der Waals surface area (Å²) >= 11 is 0. The molecule has 0 heterocycles. The van der Waals surface area contributed by atoms with Gasteiger partial charge in [-0.25, -0.2) is 4.39 Å². The molecule has 0 aromatic heterocycles. The summed E-state index contributed by atoms with van der Waals surface area (Å²) in [6.07, 6.45) is 0. The number of hydrogen-bond donors (Lipinski definition) is 2. The average Bonchev–Trinajstić information content (AvgIpc) is 2.51. The number of carbonyl (C=O) groups excluding carboxylic acids is 1. The van der Waals surface area contributed by atoms with Gasteiger partial charge in [0, 0.05) is 17.2 Å². The summed E-state index contributed by atoms with van der Waals surface area (Å²) in [5.41, 5.74) is 2.92. The van der Waals surface area contributed by atoms with Crippen molar-refractivity contribution < 1.29 is 14.5 Å². The number of carbonyl (C=O) groups is 1. The lowest BCUT2D eigenvalue weighted by atomic mass is 9.96. The molecule has 0 spiro atoms. The summed E-state index contributed by atoms with van der Waals surface area (Å²) in [6.45, 7) is 6.50. The molecular formula is C19H24FN2O+. The zero-order valence-electron chi connectivity index (χ0n) is 13.8. The number of halogens is 1. The number of rotatable bonds is 6. The predicted octanol–water partition coefficient (Wildman–Crippen LogP) is 3.03. The van der Waals surface area contributed by atoms with Gasteiger partial charge in [0.05, 0.1) is 0 Å². The van der Waals surface area contributed by atoms with Gasteiger partial charge in [0.2, 0.25) is 0 Å². The molecule has 1 amide bonds. The van der Waals surface area contributed by atoms with Crippen LogP contribution >= 0.6 is 0 Å². The topological polar surface area (TPSA) is 45.7 Å². The molecule has 4 heteroatoms. The molecule has 23 heavy (non-hydrogen) atoms. The van der Waals surface area contributed by atoms with Gasteiger partial charge in [-0.15, -0.1) is 0 Å². The van der Waals surface area contributed by atoms with Crippen molar-refractivity contribution in [2.75, 3.05) is 11.9 Å². The monoisotopic (exact) mass is 315 g/mol. The van der Waals surface area contributed by atoms with Gasteiger partial charge in [0.1, 0.15) is 11.9 Å². The maximum Gasteiger partial charge on any atom is 0.279 e. The van der Waals surface area contributed by atoms with Crippen molar-refractivity contribution in [1.29, 1.82) is 0 Å². The average molecular weight is 315 g/mol. The number of aryl methyl sites for hydroxylation is 1. The predicted molar refractivity (Wildman–Crippen MR) is 90.6 cm³/mol. The first-order chi connectivity index (χ1) is 11.0. The molecular weight excluding hydrogens is 291 g/mol. The highest BCUT2D eigenvalue weighted by Gasteiger charge is 2.20. The first-order valence-corrected chi connectivity index (χ1v) is 7.91. The van der Waals surface area contributed by atoms with Crippen LogP contribution in [0, 0.1) is 18.7 Å². The van der Waals surface area contributed by atoms with E-state index in [0.717, 1.165) is 16.8 Å². The van der Waals surface area contributed by atoms with Gasteiger partial charge in [-0.2, -0.15) is 0 Å². The van der Waals surface area contributed by atoms with Crippen LogP contribution in [0.1, 0.15) is 31.0 Å². The van der Waals surface area contributed by atoms with Crippen LogP contribution < -0.4 is 10.6 Å². The molecule has 3 N–H and O–H groups in total. The normalized spacial score (nSPS) is 12.2. The van der Waals surface area contributed by atoms with E-state index in [4.69, 9.17) is 0 Å². The minimum atomic E-state index is -0.242. The van der Waals surface area contributed by atoms with E-state index in [2.05, 4.69) is 19.2 Å². The van der Waals surface area contributed by atoms with Crippen molar-refractivity contribution in [2.24, 2.45) is 5.92 Å². The van der Waals surface area contributed by atoms with Crippen LogP contribution in [0.15, 0.2) is 48.5 Å². The third kappa shape index (κ3) is 4.89. The molecule has 0 saturated carbocycles. The van der Waals surface area contributed by atoms with Crippen LogP contribution in [-0.2, 0) is 4.79 Å². The largest absolute Gasteiger partial charge is 0.332 e. The Kier molecular flexibility index (Phi) is 5.88. The van der Waals surface area contributed by atoms with Crippen molar-refractivity contribution in [1.82, 2.24) is 0 Å². The molecule has 2 aromatic carbocycles. The molecule has 0 radical (unpaired) electrons. The Morgan fingerprint density at radius 1 is 1.13 bits per heavy atom. The summed E-state index contributed by atoms with van der Waals surface area (Å²) in [6, 6.07) is 14.3. The van der Waals surface area contributed by atoms with E-state index in [1.54, 1.807) is 12.1 Å². The summed E-state index contributed by atoms with van der Waals surface area (Å²) in [5, 5.41) is 4.94. The molecule has 2 aromatic rings. The van der Waals surface area contributed by atoms with Gasteiger partial charge in [0.25, 0.3) is 5.91 Å². The van der Waals surface area contributed by atoms with Crippen LogP contribution in [0.25, 0.3) is 0 Å². The van der Waals surface area contributed by atoms with Gasteiger partial charge in [0.15, 0.2) is 6.54 Å². The summed E-state index contributed by atoms with van der Waals surface area (Å²) in [7, 11) is 0. The van der Waals surface area contributed by atoms with Crippen LogP contribution in [-0.4, -0.2) is 12.5 Å². The van der Waals surface area contributed by atoms with E-state index in [9.17, 15) is 9.18 Å². The minimum absolute atomic E-state index is 0.0351. The molecule has 0 saturated heterocycles. The Hall–Kier alpha value is -2.20. The molecule has 0 bridgehead atoms. The Labute approximate surface area is 136 Å². The molecule has 0 fully saturated rings. The van der Waals surface area contributed by atoms with Crippen molar-refractivity contribution in [2.45, 2.75) is 26.8 Å². The lowest BCUT2D eigenvalue weighted by Gasteiger charge is -2.19. The van der Waals surface area contributed by atoms with Crippen LogP contribution in [0.3, 0.4) is 0 Å². The highest BCUT2D eigenvalue weighted by Crippen LogP contribution is 2.18. The Morgan fingerprint density at radius 3 is 2.39 bits per heavy atom. The second-order valence-corrected chi connectivity index (χ2v) is 6.12. The fraction of sp³-hybridized carbons (Fsp3) is 0.316. The molecule has 3 nitrogen and oxygen atoms in total. The van der Waals surface area contributed by atoms with Crippen molar-refractivity contribution in [3.05, 3.63) is 65.5 Å². The summed E-state index contributed by atoms with van der Waals surface area (Å²) in [4.78, 5) is 12.2. The van der Waals surface area contributed by atoms with Crippen LogP contribution in [0.4, 0.5) is 10.1 Å². The Morgan fingerprint density at radius 2 is 1.78 bits per heavy atom. The zero-order valence-corrected chi connectivity index (χ0v) is 13.8. The third-order valence-corrected chi connectivity index (χ3v) is 3.95. The number of nitrogens with two attached hydrogens (primary N) is 1. The lowest BCUT2D eigenvalue weighted by Crippen LogP contribution is -2.88. The van der Waals surface area contributed by atoms with E-state index in [1.807, 2.05) is 36.5 Å². The summed E-state index contributed by atoms with van der Waals surface area (Å²) in [5.74, 6) is 0.0623. The van der Waals surface area contributed by atoms with Gasteiger partial charge >= 0.3 is 0 Å². The van der Waals surface area contributed by atoms with Crippen LogP contribution in [0.5, 0.6) is 0 Å². The molecule has 122 valence electrons. The van der Waals surface area contributed by atoms with E-state index in [1.165, 1.54) is 12.1 Å². The first kappa shape index (κ1) is 17.2.